The average molecular weight is 401 g/mol. The van der Waals surface area contributed by atoms with Gasteiger partial charge in [-0.25, -0.2) is 14.8 Å². The molecule has 30 heavy (non-hydrogen) atoms. The van der Waals surface area contributed by atoms with Gasteiger partial charge in [0.1, 0.15) is 5.69 Å². The van der Waals surface area contributed by atoms with Gasteiger partial charge in [0.25, 0.3) is 0 Å². The number of hydrogen-bond donors (Lipinski definition) is 0. The van der Waals surface area contributed by atoms with E-state index in [0.29, 0.717) is 22.6 Å². The zero-order valence-corrected chi connectivity index (χ0v) is 16.2. The summed E-state index contributed by atoms with van der Waals surface area (Å²) in [7, 11) is 3.21. The van der Waals surface area contributed by atoms with Gasteiger partial charge in [0.05, 0.1) is 29.9 Å². The third-order valence-corrected chi connectivity index (χ3v) is 5.13. The lowest BCUT2D eigenvalue weighted by Crippen LogP contribution is -2.21. The number of fused-ring (bicyclic) bond motifs is 3. The zero-order valence-electron chi connectivity index (χ0n) is 16.2. The summed E-state index contributed by atoms with van der Waals surface area (Å²) in [6.07, 6.45) is 4.77. The van der Waals surface area contributed by atoms with E-state index in [1.54, 1.807) is 46.8 Å². The quantitative estimate of drug-likeness (QED) is 0.433. The normalized spacial score (nSPS) is 11.3. The number of hydrogen-bond acceptors (Lipinski definition) is 5. The minimum atomic E-state index is -0.538. The van der Waals surface area contributed by atoms with E-state index in [9.17, 15) is 9.18 Å². The predicted molar refractivity (Wildman–Crippen MR) is 111 cm³/mol. The van der Waals surface area contributed by atoms with Gasteiger partial charge in [-0.15, -0.1) is 0 Å². The van der Waals surface area contributed by atoms with Crippen LogP contribution in [-0.2, 0) is 7.05 Å². The summed E-state index contributed by atoms with van der Waals surface area (Å²) < 4.78 is 21.8. The van der Waals surface area contributed by atoms with Gasteiger partial charge in [-0.1, -0.05) is 6.07 Å². The van der Waals surface area contributed by atoms with Gasteiger partial charge in [0.15, 0.2) is 0 Å². The Labute approximate surface area is 170 Å². The van der Waals surface area contributed by atoms with E-state index < -0.39 is 5.95 Å². The number of rotatable bonds is 3. The first-order chi connectivity index (χ1) is 14.6. The number of nitrogens with zero attached hydrogens (tertiary/aromatic N) is 5. The standard InChI is InChI=1S/C22H16FN5O2/c1-27-18-12-25-16-7-5-13(14-6-8-19(23)26-11-14)10-15(16)20(18)28(22(27)29)17-4-3-9-24-21(17)30-2/h3-12H,1-2H3. The highest BCUT2D eigenvalue weighted by atomic mass is 19.1. The highest BCUT2D eigenvalue weighted by Crippen LogP contribution is 2.31. The van der Waals surface area contributed by atoms with E-state index in [0.717, 1.165) is 22.0 Å². The lowest BCUT2D eigenvalue weighted by Gasteiger charge is -2.10. The Bertz CT molecular complexity index is 1470. The molecule has 0 amide bonds. The molecule has 1 aromatic carbocycles. The van der Waals surface area contributed by atoms with Crippen molar-refractivity contribution in [2.75, 3.05) is 7.11 Å². The summed E-state index contributed by atoms with van der Waals surface area (Å²) >= 11 is 0. The van der Waals surface area contributed by atoms with Gasteiger partial charge in [-0.2, -0.15) is 4.39 Å². The van der Waals surface area contributed by atoms with Crippen LogP contribution in [0, 0.1) is 5.95 Å². The van der Waals surface area contributed by atoms with Crippen LogP contribution < -0.4 is 10.4 Å². The van der Waals surface area contributed by atoms with E-state index in [2.05, 4.69) is 15.0 Å². The Morgan fingerprint density at radius 2 is 1.83 bits per heavy atom. The fourth-order valence-corrected chi connectivity index (χ4v) is 3.66. The lowest BCUT2D eigenvalue weighted by molar-refractivity contribution is 0.396. The molecule has 0 aliphatic heterocycles. The van der Waals surface area contributed by atoms with Crippen molar-refractivity contribution in [1.29, 1.82) is 0 Å². The van der Waals surface area contributed by atoms with Crippen molar-refractivity contribution in [3.8, 4) is 22.7 Å². The van der Waals surface area contributed by atoms with Crippen LogP contribution in [-0.4, -0.2) is 31.2 Å². The summed E-state index contributed by atoms with van der Waals surface area (Å²) in [5.74, 6) is -0.194. The Morgan fingerprint density at radius 1 is 1.00 bits per heavy atom. The SMILES string of the molecule is COc1ncccc1-n1c(=O)n(C)c2cnc3ccc(-c4ccc(F)nc4)cc3c21. The molecule has 0 unspecified atom stereocenters. The minimum Gasteiger partial charge on any atom is -0.479 e. The largest absolute Gasteiger partial charge is 0.479 e. The molecule has 0 fully saturated rings. The van der Waals surface area contributed by atoms with Gasteiger partial charge in [0.2, 0.25) is 11.8 Å². The highest BCUT2D eigenvalue weighted by Gasteiger charge is 2.19. The van der Waals surface area contributed by atoms with Crippen LogP contribution in [0.25, 0.3) is 38.8 Å². The van der Waals surface area contributed by atoms with Gasteiger partial charge < -0.3 is 4.74 Å². The van der Waals surface area contributed by atoms with E-state index in [1.165, 1.54) is 19.4 Å². The van der Waals surface area contributed by atoms with Crippen LogP contribution in [0.2, 0.25) is 0 Å². The number of halogens is 1. The Hall–Kier alpha value is -4.07. The molecule has 0 radical (unpaired) electrons. The second-order valence-corrected chi connectivity index (χ2v) is 6.80. The molecule has 0 N–H and O–H groups in total. The third-order valence-electron chi connectivity index (χ3n) is 5.13. The number of aryl methyl sites for hydroxylation is 1. The van der Waals surface area contributed by atoms with Gasteiger partial charge in [-0.3, -0.25) is 14.1 Å². The number of aromatic nitrogens is 5. The summed E-state index contributed by atoms with van der Waals surface area (Å²) in [5.41, 5.74) is 3.99. The molecule has 0 aliphatic carbocycles. The van der Waals surface area contributed by atoms with Crippen LogP contribution in [0.15, 0.2) is 65.8 Å². The number of benzene rings is 1. The Balaban J connectivity index is 1.89. The van der Waals surface area contributed by atoms with Crippen molar-refractivity contribution >= 4 is 21.9 Å². The fraction of sp³-hybridized carbons (Fsp3) is 0.0909. The van der Waals surface area contributed by atoms with Crippen LogP contribution in [0.5, 0.6) is 5.88 Å². The smallest absolute Gasteiger partial charge is 0.333 e. The first-order valence-corrected chi connectivity index (χ1v) is 9.20. The molecular formula is C22H16FN5O2. The topological polar surface area (TPSA) is 74.8 Å². The molecule has 5 rings (SSSR count). The zero-order chi connectivity index (χ0) is 20.8. The summed E-state index contributed by atoms with van der Waals surface area (Å²) in [6.45, 7) is 0. The summed E-state index contributed by atoms with van der Waals surface area (Å²) in [4.78, 5) is 25.6. The van der Waals surface area contributed by atoms with Crippen molar-refractivity contribution in [2.24, 2.45) is 7.05 Å². The number of pyridine rings is 3. The Morgan fingerprint density at radius 3 is 2.60 bits per heavy atom. The highest BCUT2D eigenvalue weighted by molar-refractivity contribution is 6.04. The second kappa shape index (κ2) is 6.77. The summed E-state index contributed by atoms with van der Waals surface area (Å²) in [5, 5.41) is 0.776. The van der Waals surface area contributed by atoms with Crippen LogP contribution >= 0.6 is 0 Å². The molecule has 0 saturated carbocycles. The predicted octanol–water partition coefficient (Wildman–Crippen LogP) is 3.48. The molecule has 0 bridgehead atoms. The van der Waals surface area contributed by atoms with Gasteiger partial charge in [0, 0.05) is 30.4 Å². The fourth-order valence-electron chi connectivity index (χ4n) is 3.66. The molecule has 7 nitrogen and oxygen atoms in total. The molecule has 5 aromatic rings. The van der Waals surface area contributed by atoms with Crippen molar-refractivity contribution in [3.05, 3.63) is 77.5 Å². The first-order valence-electron chi connectivity index (χ1n) is 9.20. The molecule has 148 valence electrons. The lowest BCUT2D eigenvalue weighted by atomic mass is 10.0. The van der Waals surface area contributed by atoms with Gasteiger partial charge in [-0.05, 0) is 42.0 Å². The maximum Gasteiger partial charge on any atom is 0.333 e. The number of imidazole rings is 1. The monoisotopic (exact) mass is 401 g/mol. The maximum absolute atomic E-state index is 13.2. The Kier molecular flexibility index (Phi) is 4.06. The number of ether oxygens (including phenoxy) is 1. The van der Waals surface area contributed by atoms with E-state index in [4.69, 9.17) is 4.74 Å². The molecule has 8 heteroatoms. The number of methoxy groups -OCH3 is 1. The average Bonchev–Trinajstić information content (AvgIpc) is 3.04. The summed E-state index contributed by atoms with van der Waals surface area (Å²) in [6, 6.07) is 12.2. The molecular weight excluding hydrogens is 385 g/mol. The van der Waals surface area contributed by atoms with E-state index in [-0.39, 0.29) is 5.69 Å². The van der Waals surface area contributed by atoms with Crippen LogP contribution in [0.3, 0.4) is 0 Å². The van der Waals surface area contributed by atoms with Crippen LogP contribution in [0.4, 0.5) is 4.39 Å². The van der Waals surface area contributed by atoms with Crippen molar-refractivity contribution < 1.29 is 9.13 Å². The van der Waals surface area contributed by atoms with E-state index in [1.807, 2.05) is 18.2 Å². The van der Waals surface area contributed by atoms with Crippen molar-refractivity contribution in [3.63, 3.8) is 0 Å². The van der Waals surface area contributed by atoms with E-state index >= 15 is 0 Å². The van der Waals surface area contributed by atoms with Crippen molar-refractivity contribution in [2.45, 2.75) is 0 Å². The minimum absolute atomic E-state index is 0.237. The van der Waals surface area contributed by atoms with Gasteiger partial charge >= 0.3 is 5.69 Å². The molecule has 0 atom stereocenters. The first kappa shape index (κ1) is 18.0. The molecule has 4 heterocycles. The molecule has 0 spiro atoms. The van der Waals surface area contributed by atoms with Crippen LogP contribution in [0.1, 0.15) is 0 Å². The maximum atomic E-state index is 13.2. The molecule has 0 saturated heterocycles. The molecule has 0 aliphatic rings. The van der Waals surface area contributed by atoms with Crippen molar-refractivity contribution in [1.82, 2.24) is 24.1 Å². The second-order valence-electron chi connectivity index (χ2n) is 6.80. The molecule has 4 aromatic heterocycles. The third kappa shape index (κ3) is 2.65.